The summed E-state index contributed by atoms with van der Waals surface area (Å²) in [5, 5.41) is 2.32. The van der Waals surface area contributed by atoms with Crippen LogP contribution < -0.4 is 10.0 Å². The van der Waals surface area contributed by atoms with Crippen LogP contribution in [0.15, 0.2) is 47.4 Å². The van der Waals surface area contributed by atoms with Gasteiger partial charge in [-0.1, -0.05) is 23.7 Å². The number of thioether (sulfide) groups is 1. The number of carbonyl (C=O) groups is 1. The van der Waals surface area contributed by atoms with Gasteiger partial charge in [0, 0.05) is 5.69 Å². The first kappa shape index (κ1) is 17.1. The van der Waals surface area contributed by atoms with Crippen LogP contribution in [0.5, 0.6) is 0 Å². The molecule has 0 radical (unpaired) electrons. The Bertz CT molecular complexity index is 905. The summed E-state index contributed by atoms with van der Waals surface area (Å²) < 4.78 is 40.4. The molecular formula is C15H12ClFN2O3S2. The molecule has 0 aromatic heterocycles. The SMILES string of the molecule is O=C1CSC(c2cccc(NS(=O)(=O)c3ccc(F)c(Cl)c3)c2)N1. The minimum Gasteiger partial charge on any atom is -0.339 e. The van der Waals surface area contributed by atoms with E-state index in [9.17, 15) is 17.6 Å². The first-order valence-electron chi connectivity index (χ1n) is 6.84. The van der Waals surface area contributed by atoms with E-state index in [1.807, 2.05) is 0 Å². The minimum absolute atomic E-state index is 0.0584. The van der Waals surface area contributed by atoms with Crippen LogP contribution in [0.2, 0.25) is 5.02 Å². The lowest BCUT2D eigenvalue weighted by molar-refractivity contribution is -0.118. The summed E-state index contributed by atoms with van der Waals surface area (Å²) in [5.41, 5.74) is 1.12. The number of sulfonamides is 1. The van der Waals surface area contributed by atoms with E-state index < -0.39 is 15.8 Å². The van der Waals surface area contributed by atoms with Crippen LogP contribution >= 0.6 is 23.4 Å². The van der Waals surface area contributed by atoms with Crippen molar-refractivity contribution in [2.24, 2.45) is 0 Å². The molecule has 126 valence electrons. The summed E-state index contributed by atoms with van der Waals surface area (Å²) in [5.74, 6) is -0.377. The van der Waals surface area contributed by atoms with Crippen LogP contribution in [0.25, 0.3) is 0 Å². The van der Waals surface area contributed by atoms with E-state index in [1.165, 1.54) is 11.8 Å². The highest BCUT2D eigenvalue weighted by Crippen LogP contribution is 2.32. The molecule has 1 atom stereocenters. The lowest BCUT2D eigenvalue weighted by atomic mass is 10.2. The van der Waals surface area contributed by atoms with Gasteiger partial charge in [-0.25, -0.2) is 12.8 Å². The van der Waals surface area contributed by atoms with Crippen molar-refractivity contribution >= 4 is 45.0 Å². The molecule has 0 saturated carbocycles. The molecule has 1 amide bonds. The summed E-state index contributed by atoms with van der Waals surface area (Å²) in [6.07, 6.45) is 0. The number of hydrogen-bond acceptors (Lipinski definition) is 4. The second kappa shape index (κ2) is 6.62. The van der Waals surface area contributed by atoms with E-state index in [-0.39, 0.29) is 21.2 Å². The van der Waals surface area contributed by atoms with E-state index in [2.05, 4.69) is 10.0 Å². The van der Waals surface area contributed by atoms with Crippen molar-refractivity contribution in [3.63, 3.8) is 0 Å². The molecule has 0 spiro atoms. The third kappa shape index (κ3) is 3.66. The highest BCUT2D eigenvalue weighted by atomic mass is 35.5. The number of hydrogen-bond donors (Lipinski definition) is 2. The van der Waals surface area contributed by atoms with Gasteiger partial charge >= 0.3 is 0 Å². The molecule has 0 bridgehead atoms. The number of amides is 1. The van der Waals surface area contributed by atoms with E-state index in [0.717, 1.165) is 23.8 Å². The van der Waals surface area contributed by atoms with Gasteiger partial charge in [-0.2, -0.15) is 0 Å². The zero-order valence-corrected chi connectivity index (χ0v) is 14.5. The fraction of sp³-hybridized carbons (Fsp3) is 0.133. The fourth-order valence-electron chi connectivity index (χ4n) is 2.19. The van der Waals surface area contributed by atoms with Crippen molar-refractivity contribution in [3.05, 3.63) is 58.9 Å². The molecule has 1 aliphatic rings. The molecule has 24 heavy (non-hydrogen) atoms. The summed E-state index contributed by atoms with van der Waals surface area (Å²) in [6.45, 7) is 0. The van der Waals surface area contributed by atoms with Crippen LogP contribution in [-0.4, -0.2) is 20.1 Å². The Kier molecular flexibility index (Phi) is 4.71. The predicted octanol–water partition coefficient (Wildman–Crippen LogP) is 3.14. The third-order valence-corrected chi connectivity index (χ3v) is 6.14. The quantitative estimate of drug-likeness (QED) is 0.846. The number of anilines is 1. The molecule has 9 heteroatoms. The Morgan fingerprint density at radius 1 is 1.25 bits per heavy atom. The second-order valence-electron chi connectivity index (χ2n) is 5.07. The number of carbonyl (C=O) groups excluding carboxylic acids is 1. The van der Waals surface area contributed by atoms with Crippen molar-refractivity contribution < 1.29 is 17.6 Å². The van der Waals surface area contributed by atoms with E-state index in [0.29, 0.717) is 11.4 Å². The highest BCUT2D eigenvalue weighted by Gasteiger charge is 2.23. The monoisotopic (exact) mass is 386 g/mol. The molecule has 1 fully saturated rings. The highest BCUT2D eigenvalue weighted by molar-refractivity contribution is 8.00. The van der Waals surface area contributed by atoms with Gasteiger partial charge in [0.25, 0.3) is 10.0 Å². The maximum absolute atomic E-state index is 13.2. The van der Waals surface area contributed by atoms with Gasteiger partial charge in [0.15, 0.2) is 0 Å². The van der Waals surface area contributed by atoms with Gasteiger partial charge in [0.2, 0.25) is 5.91 Å². The normalized spacial score (nSPS) is 17.6. The van der Waals surface area contributed by atoms with E-state index >= 15 is 0 Å². The summed E-state index contributed by atoms with van der Waals surface area (Å²) in [7, 11) is -3.90. The molecule has 2 aromatic rings. The average Bonchev–Trinajstić information content (AvgIpc) is 2.96. The summed E-state index contributed by atoms with van der Waals surface area (Å²) in [6, 6.07) is 9.92. The van der Waals surface area contributed by atoms with Gasteiger partial charge in [-0.05, 0) is 35.9 Å². The third-order valence-electron chi connectivity index (χ3n) is 3.32. The topological polar surface area (TPSA) is 75.3 Å². The minimum atomic E-state index is -3.90. The van der Waals surface area contributed by atoms with Gasteiger partial charge in [0.05, 0.1) is 15.7 Å². The maximum atomic E-state index is 13.2. The van der Waals surface area contributed by atoms with Gasteiger partial charge in [0.1, 0.15) is 11.2 Å². The van der Waals surface area contributed by atoms with Crippen LogP contribution in [0, 0.1) is 5.82 Å². The van der Waals surface area contributed by atoms with Gasteiger partial charge in [-0.3, -0.25) is 9.52 Å². The average molecular weight is 387 g/mol. The van der Waals surface area contributed by atoms with Crippen LogP contribution in [-0.2, 0) is 14.8 Å². The zero-order valence-electron chi connectivity index (χ0n) is 12.1. The molecular weight excluding hydrogens is 375 g/mol. The first-order chi connectivity index (χ1) is 11.3. The fourth-order valence-corrected chi connectivity index (χ4v) is 4.47. The summed E-state index contributed by atoms with van der Waals surface area (Å²) in [4.78, 5) is 11.2. The van der Waals surface area contributed by atoms with Crippen molar-refractivity contribution in [2.75, 3.05) is 10.5 Å². The second-order valence-corrected chi connectivity index (χ2v) is 8.25. The number of benzene rings is 2. The van der Waals surface area contributed by atoms with Gasteiger partial charge in [-0.15, -0.1) is 11.8 Å². The maximum Gasteiger partial charge on any atom is 0.261 e. The predicted molar refractivity (Wildman–Crippen MR) is 92.0 cm³/mol. The van der Waals surface area contributed by atoms with Crippen molar-refractivity contribution in [3.8, 4) is 0 Å². The van der Waals surface area contributed by atoms with Crippen LogP contribution in [0.1, 0.15) is 10.9 Å². The smallest absolute Gasteiger partial charge is 0.261 e. The molecule has 2 aromatic carbocycles. The summed E-state index contributed by atoms with van der Waals surface area (Å²) >= 11 is 7.07. The van der Waals surface area contributed by atoms with Crippen LogP contribution in [0.3, 0.4) is 0 Å². The Morgan fingerprint density at radius 3 is 2.71 bits per heavy atom. The van der Waals surface area contributed by atoms with Crippen molar-refractivity contribution in [2.45, 2.75) is 10.3 Å². The molecule has 0 aliphatic carbocycles. The lowest BCUT2D eigenvalue weighted by Gasteiger charge is -2.13. The van der Waals surface area contributed by atoms with E-state index in [1.54, 1.807) is 24.3 Å². The molecule has 1 heterocycles. The Morgan fingerprint density at radius 2 is 2.04 bits per heavy atom. The standard InChI is InChI=1S/C15H12ClFN2O3S2/c16-12-7-11(4-5-13(12)17)24(21,22)19-10-3-1-2-9(6-10)15-18-14(20)8-23-15/h1-7,15,19H,8H2,(H,18,20). The number of nitrogens with one attached hydrogen (secondary N) is 2. The molecule has 1 saturated heterocycles. The number of halogens is 2. The zero-order chi connectivity index (χ0) is 17.3. The van der Waals surface area contributed by atoms with Gasteiger partial charge < -0.3 is 5.32 Å². The Labute approximate surface area is 147 Å². The Hall–Kier alpha value is -1.77. The first-order valence-corrected chi connectivity index (χ1v) is 9.75. The largest absolute Gasteiger partial charge is 0.339 e. The molecule has 3 rings (SSSR count). The van der Waals surface area contributed by atoms with Crippen LogP contribution in [0.4, 0.5) is 10.1 Å². The molecule has 2 N–H and O–H groups in total. The van der Waals surface area contributed by atoms with E-state index in [4.69, 9.17) is 11.6 Å². The molecule has 5 nitrogen and oxygen atoms in total. The van der Waals surface area contributed by atoms with Crippen molar-refractivity contribution in [1.82, 2.24) is 5.32 Å². The lowest BCUT2D eigenvalue weighted by Crippen LogP contribution is -2.19. The molecule has 1 unspecified atom stereocenters. The van der Waals surface area contributed by atoms with Crippen molar-refractivity contribution in [1.29, 1.82) is 0 Å². The molecule has 1 aliphatic heterocycles. The Balaban J connectivity index is 1.84. The number of rotatable bonds is 4.